The number of ketones is 2. The normalized spacial score (nSPS) is 37.7. The molecule has 3 rings (SSSR count). The van der Waals surface area contributed by atoms with Gasteiger partial charge in [0.2, 0.25) is 11.6 Å². The second-order valence-electron chi connectivity index (χ2n) is 8.44. The number of carbonyl (C=O) groups excluding carboxylic acids is 2. The summed E-state index contributed by atoms with van der Waals surface area (Å²) < 4.78 is 0. The molecule has 0 aromatic carbocycles. The first-order valence-corrected chi connectivity index (χ1v) is 8.81. The fourth-order valence-electron chi connectivity index (χ4n) is 5.51. The summed E-state index contributed by atoms with van der Waals surface area (Å²) in [5, 5.41) is 32.2. The molecule has 5 heteroatoms. The summed E-state index contributed by atoms with van der Waals surface area (Å²) in [6.07, 6.45) is 1.34. The average Bonchev–Trinajstić information content (AvgIpc) is 2.51. The maximum atomic E-state index is 12.9. The molecule has 5 nitrogen and oxygen atoms in total. The van der Waals surface area contributed by atoms with Crippen molar-refractivity contribution in [3.8, 4) is 0 Å². The Labute approximate surface area is 147 Å². The van der Waals surface area contributed by atoms with E-state index >= 15 is 0 Å². The second-order valence-corrected chi connectivity index (χ2v) is 8.44. The van der Waals surface area contributed by atoms with Crippen LogP contribution in [-0.4, -0.2) is 39.1 Å². The number of aliphatic hydroxyl groups excluding tert-OH is 3. The minimum atomic E-state index is -1.39. The predicted molar refractivity (Wildman–Crippen MR) is 92.8 cm³/mol. The van der Waals surface area contributed by atoms with Gasteiger partial charge >= 0.3 is 0 Å². The average molecular weight is 346 g/mol. The lowest BCUT2D eigenvalue weighted by Gasteiger charge is -2.57. The topological polar surface area (TPSA) is 94.8 Å². The molecule has 0 aromatic heterocycles. The predicted octanol–water partition coefficient (Wildman–Crippen LogP) is 2.39. The highest BCUT2D eigenvalue weighted by Gasteiger charge is 2.60. The number of hydrogen-bond donors (Lipinski definition) is 3. The molecule has 0 saturated heterocycles. The molecule has 0 bridgehead atoms. The molecule has 3 aliphatic rings. The summed E-state index contributed by atoms with van der Waals surface area (Å²) in [5.41, 5.74) is -0.877. The van der Waals surface area contributed by atoms with Gasteiger partial charge in [-0.2, -0.15) is 0 Å². The van der Waals surface area contributed by atoms with E-state index in [-0.39, 0.29) is 40.2 Å². The highest BCUT2D eigenvalue weighted by Crippen LogP contribution is 2.61. The van der Waals surface area contributed by atoms with Crippen LogP contribution in [-0.2, 0) is 9.59 Å². The van der Waals surface area contributed by atoms with Gasteiger partial charge < -0.3 is 15.3 Å². The van der Waals surface area contributed by atoms with Crippen LogP contribution in [0.1, 0.15) is 46.5 Å². The van der Waals surface area contributed by atoms with E-state index in [4.69, 9.17) is 0 Å². The Morgan fingerprint density at radius 2 is 1.80 bits per heavy atom. The molecule has 0 heterocycles. The van der Waals surface area contributed by atoms with Crippen LogP contribution in [0, 0.1) is 16.7 Å². The lowest BCUT2D eigenvalue weighted by molar-refractivity contribution is -0.141. The minimum absolute atomic E-state index is 0.0328. The third kappa shape index (κ3) is 2.29. The largest absolute Gasteiger partial charge is 0.507 e. The number of rotatable bonds is 2. The van der Waals surface area contributed by atoms with E-state index < -0.39 is 29.2 Å². The first kappa shape index (κ1) is 18.1. The van der Waals surface area contributed by atoms with Gasteiger partial charge in [0.05, 0.1) is 6.10 Å². The van der Waals surface area contributed by atoms with Crippen molar-refractivity contribution < 1.29 is 24.9 Å². The van der Waals surface area contributed by atoms with E-state index in [1.807, 2.05) is 20.8 Å². The zero-order chi connectivity index (χ0) is 18.7. The van der Waals surface area contributed by atoms with Gasteiger partial charge in [-0.3, -0.25) is 9.59 Å². The number of fused-ring (bicyclic) bond motifs is 2. The van der Waals surface area contributed by atoms with Gasteiger partial charge in [0.25, 0.3) is 0 Å². The fourth-order valence-corrected chi connectivity index (χ4v) is 5.51. The minimum Gasteiger partial charge on any atom is -0.507 e. The van der Waals surface area contributed by atoms with Gasteiger partial charge in [-0.05, 0) is 24.7 Å². The molecule has 25 heavy (non-hydrogen) atoms. The summed E-state index contributed by atoms with van der Waals surface area (Å²) in [7, 11) is 0. The van der Waals surface area contributed by atoms with Crippen LogP contribution in [0.15, 0.2) is 35.1 Å². The van der Waals surface area contributed by atoms with Crippen LogP contribution in [0.2, 0.25) is 0 Å². The maximum absolute atomic E-state index is 12.9. The summed E-state index contributed by atoms with van der Waals surface area (Å²) in [4.78, 5) is 25.5. The van der Waals surface area contributed by atoms with E-state index in [2.05, 4.69) is 6.58 Å². The van der Waals surface area contributed by atoms with E-state index in [1.54, 1.807) is 0 Å². The molecule has 0 amide bonds. The van der Waals surface area contributed by atoms with Gasteiger partial charge in [0, 0.05) is 28.1 Å². The Balaban J connectivity index is 2.30. The number of carbonyl (C=O) groups is 2. The molecule has 3 N–H and O–H groups in total. The first-order valence-electron chi connectivity index (χ1n) is 8.81. The van der Waals surface area contributed by atoms with Crippen LogP contribution in [0.25, 0.3) is 0 Å². The van der Waals surface area contributed by atoms with Crippen molar-refractivity contribution >= 4 is 11.6 Å². The standard InChI is InChI=1S/C20H26O5/c1-5-7-10-13(21)11-12(16(24)14(10)22)20(4)9-6-8-19(2,3)18(20)17(25)15(11)23/h5,15,17-18,21,23,25H,1,6-9H2,2-4H3. The molecule has 0 radical (unpaired) electrons. The van der Waals surface area contributed by atoms with Crippen LogP contribution in [0.5, 0.6) is 0 Å². The zero-order valence-electron chi connectivity index (χ0n) is 15.0. The summed E-state index contributed by atoms with van der Waals surface area (Å²) >= 11 is 0. The zero-order valence-corrected chi connectivity index (χ0v) is 15.0. The number of allylic oxidation sites excluding steroid dienone is 3. The van der Waals surface area contributed by atoms with Gasteiger partial charge in [0.15, 0.2) is 0 Å². The fraction of sp³-hybridized carbons (Fsp3) is 0.600. The van der Waals surface area contributed by atoms with E-state index in [0.717, 1.165) is 12.8 Å². The molecule has 0 aliphatic heterocycles. The van der Waals surface area contributed by atoms with Crippen molar-refractivity contribution in [1.82, 2.24) is 0 Å². The molecule has 3 aliphatic carbocycles. The summed E-state index contributed by atoms with van der Waals surface area (Å²) in [6.45, 7) is 9.46. The van der Waals surface area contributed by atoms with Crippen molar-refractivity contribution in [2.24, 2.45) is 16.7 Å². The smallest absolute Gasteiger partial charge is 0.233 e. The van der Waals surface area contributed by atoms with Crippen molar-refractivity contribution in [2.75, 3.05) is 0 Å². The van der Waals surface area contributed by atoms with Crippen LogP contribution in [0.4, 0.5) is 0 Å². The Morgan fingerprint density at radius 1 is 1.16 bits per heavy atom. The van der Waals surface area contributed by atoms with Crippen LogP contribution < -0.4 is 0 Å². The summed E-state index contributed by atoms with van der Waals surface area (Å²) in [5.74, 6) is -2.13. The Hall–Kier alpha value is -1.72. The van der Waals surface area contributed by atoms with Crippen molar-refractivity contribution in [1.29, 1.82) is 0 Å². The van der Waals surface area contributed by atoms with Crippen molar-refractivity contribution in [3.63, 3.8) is 0 Å². The molecular weight excluding hydrogens is 320 g/mol. The van der Waals surface area contributed by atoms with E-state index in [0.29, 0.717) is 6.42 Å². The third-order valence-corrected chi connectivity index (χ3v) is 6.44. The monoisotopic (exact) mass is 346 g/mol. The first-order chi connectivity index (χ1) is 11.6. The van der Waals surface area contributed by atoms with Crippen LogP contribution >= 0.6 is 0 Å². The number of aliphatic hydroxyl groups is 3. The highest BCUT2D eigenvalue weighted by atomic mass is 16.3. The molecule has 1 saturated carbocycles. The van der Waals surface area contributed by atoms with Crippen LogP contribution in [0.3, 0.4) is 0 Å². The maximum Gasteiger partial charge on any atom is 0.233 e. The molecule has 1 fully saturated rings. The lowest BCUT2D eigenvalue weighted by Crippen LogP contribution is -2.59. The Bertz CT molecular complexity index is 726. The van der Waals surface area contributed by atoms with Gasteiger partial charge in [-0.15, -0.1) is 6.58 Å². The van der Waals surface area contributed by atoms with E-state index in [9.17, 15) is 24.9 Å². The Kier molecular flexibility index (Phi) is 4.08. The van der Waals surface area contributed by atoms with Gasteiger partial charge in [-0.1, -0.05) is 33.3 Å². The number of Topliss-reactive ketones (excluding diaryl/α,β-unsaturated/α-hetero) is 2. The van der Waals surface area contributed by atoms with Gasteiger partial charge in [-0.25, -0.2) is 0 Å². The molecule has 0 spiro atoms. The molecule has 4 unspecified atom stereocenters. The molecule has 0 aromatic rings. The molecular formula is C20H26O5. The van der Waals surface area contributed by atoms with Crippen molar-refractivity contribution in [2.45, 2.75) is 58.7 Å². The highest BCUT2D eigenvalue weighted by molar-refractivity contribution is 6.50. The molecule has 136 valence electrons. The summed E-state index contributed by atoms with van der Waals surface area (Å²) in [6, 6.07) is 0. The quantitative estimate of drug-likeness (QED) is 0.405. The third-order valence-electron chi connectivity index (χ3n) is 6.44. The van der Waals surface area contributed by atoms with Crippen molar-refractivity contribution in [3.05, 3.63) is 35.1 Å². The Morgan fingerprint density at radius 3 is 2.40 bits per heavy atom. The SMILES string of the molecule is C=CCC1=C(O)C2=C(C(=O)C1=O)C1(C)CCCC(C)(C)C1C(O)C2O. The molecule has 4 atom stereocenters. The lowest BCUT2D eigenvalue weighted by atomic mass is 9.47. The number of hydrogen-bond acceptors (Lipinski definition) is 5. The van der Waals surface area contributed by atoms with E-state index in [1.165, 1.54) is 6.08 Å². The van der Waals surface area contributed by atoms with Gasteiger partial charge in [0.1, 0.15) is 11.9 Å². The second kappa shape index (κ2) is 5.64.